The van der Waals surface area contributed by atoms with E-state index in [1.807, 2.05) is 0 Å². The Morgan fingerprint density at radius 3 is 2.63 bits per heavy atom. The lowest BCUT2D eigenvalue weighted by Crippen LogP contribution is -2.42. The molecule has 0 aromatic heterocycles. The average Bonchev–Trinajstić information content (AvgIpc) is 2.35. The highest BCUT2D eigenvalue weighted by atomic mass is 16.7. The van der Waals surface area contributed by atoms with Crippen LogP contribution in [0.3, 0.4) is 0 Å². The van der Waals surface area contributed by atoms with Crippen LogP contribution in [0.1, 0.15) is 13.8 Å². The monoisotopic (exact) mass is 268 g/mol. The first-order chi connectivity index (χ1) is 9.02. The molecule has 0 radical (unpaired) electrons. The maximum atomic E-state index is 11.0. The highest BCUT2D eigenvalue weighted by Crippen LogP contribution is 2.17. The number of rotatable bonds is 5. The zero-order valence-electron chi connectivity index (χ0n) is 10.8. The summed E-state index contributed by atoms with van der Waals surface area (Å²) in [4.78, 5) is 21.8. The normalized spacial score (nSPS) is 25.4. The molecule has 0 spiro atoms. The summed E-state index contributed by atoms with van der Waals surface area (Å²) in [6.07, 6.45) is 6.40. The Bertz CT molecular complexity index is 394. The fourth-order valence-corrected chi connectivity index (χ4v) is 1.48. The zero-order valence-corrected chi connectivity index (χ0v) is 10.8. The lowest BCUT2D eigenvalue weighted by Gasteiger charge is -2.30. The van der Waals surface area contributed by atoms with Gasteiger partial charge in [0.2, 0.25) is 0 Å². The van der Waals surface area contributed by atoms with Gasteiger partial charge in [-0.1, -0.05) is 5.92 Å². The SMILES string of the molecule is C#CCOC1C=C[C@@H](OC(C)=O)[C@H](COC(C)=O)O1. The van der Waals surface area contributed by atoms with Gasteiger partial charge in [-0.25, -0.2) is 0 Å². The summed E-state index contributed by atoms with van der Waals surface area (Å²) < 4.78 is 20.6. The van der Waals surface area contributed by atoms with Gasteiger partial charge in [-0.15, -0.1) is 6.42 Å². The summed E-state index contributed by atoms with van der Waals surface area (Å²) in [7, 11) is 0. The molecule has 1 aliphatic heterocycles. The van der Waals surface area contributed by atoms with Crippen molar-refractivity contribution in [3.05, 3.63) is 12.2 Å². The number of esters is 2. The number of carbonyl (C=O) groups excluding carboxylic acids is 2. The molecule has 0 saturated heterocycles. The molecule has 6 heteroatoms. The number of terminal acetylenes is 1. The third kappa shape index (κ3) is 5.55. The summed E-state index contributed by atoms with van der Waals surface area (Å²) in [5.74, 6) is 1.42. The number of carbonyl (C=O) groups is 2. The molecule has 0 aromatic carbocycles. The van der Waals surface area contributed by atoms with E-state index >= 15 is 0 Å². The van der Waals surface area contributed by atoms with E-state index in [1.54, 1.807) is 12.2 Å². The van der Waals surface area contributed by atoms with E-state index in [2.05, 4.69) is 5.92 Å². The van der Waals surface area contributed by atoms with Crippen molar-refractivity contribution in [3.63, 3.8) is 0 Å². The van der Waals surface area contributed by atoms with Crippen molar-refractivity contribution in [3.8, 4) is 12.3 Å². The summed E-state index contributed by atoms with van der Waals surface area (Å²) in [6.45, 7) is 2.63. The Kier molecular flexibility index (Phi) is 6.06. The summed E-state index contributed by atoms with van der Waals surface area (Å²) >= 11 is 0. The van der Waals surface area contributed by atoms with E-state index in [4.69, 9.17) is 25.4 Å². The van der Waals surface area contributed by atoms with E-state index in [9.17, 15) is 9.59 Å². The second kappa shape index (κ2) is 7.56. The van der Waals surface area contributed by atoms with Gasteiger partial charge < -0.3 is 18.9 Å². The molecule has 0 N–H and O–H groups in total. The summed E-state index contributed by atoms with van der Waals surface area (Å²) in [5, 5.41) is 0. The molecule has 6 nitrogen and oxygen atoms in total. The smallest absolute Gasteiger partial charge is 0.303 e. The van der Waals surface area contributed by atoms with Crippen molar-refractivity contribution in [2.24, 2.45) is 0 Å². The first-order valence-corrected chi connectivity index (χ1v) is 5.72. The van der Waals surface area contributed by atoms with Crippen LogP contribution in [-0.2, 0) is 28.5 Å². The third-order valence-electron chi connectivity index (χ3n) is 2.22. The van der Waals surface area contributed by atoms with Crippen molar-refractivity contribution in [1.29, 1.82) is 0 Å². The van der Waals surface area contributed by atoms with Crippen molar-refractivity contribution in [2.75, 3.05) is 13.2 Å². The van der Waals surface area contributed by atoms with Gasteiger partial charge in [0.05, 0.1) is 0 Å². The number of ether oxygens (including phenoxy) is 4. The summed E-state index contributed by atoms with van der Waals surface area (Å²) in [5.41, 5.74) is 0. The standard InChI is InChI=1S/C13H16O6/c1-4-7-16-13-6-5-11(18-10(3)15)12(19-13)8-17-9(2)14/h1,5-6,11-13H,7-8H2,2-3H3/t11-,12+,13?/m1/s1. The molecule has 3 atom stereocenters. The Morgan fingerprint density at radius 2 is 2.05 bits per heavy atom. The molecule has 1 unspecified atom stereocenters. The van der Waals surface area contributed by atoms with Crippen molar-refractivity contribution < 1.29 is 28.5 Å². The van der Waals surface area contributed by atoms with Crippen LogP contribution in [0.15, 0.2) is 12.2 Å². The maximum Gasteiger partial charge on any atom is 0.303 e. The Balaban J connectivity index is 2.63. The minimum atomic E-state index is -0.650. The van der Waals surface area contributed by atoms with Crippen LogP contribution < -0.4 is 0 Å². The van der Waals surface area contributed by atoms with Crippen molar-refractivity contribution in [2.45, 2.75) is 32.3 Å². The topological polar surface area (TPSA) is 71.1 Å². The summed E-state index contributed by atoms with van der Waals surface area (Å²) in [6, 6.07) is 0. The van der Waals surface area contributed by atoms with Crippen LogP contribution in [0.2, 0.25) is 0 Å². The van der Waals surface area contributed by atoms with Crippen molar-refractivity contribution >= 4 is 11.9 Å². The van der Waals surface area contributed by atoms with Crippen LogP contribution >= 0.6 is 0 Å². The molecule has 1 rings (SSSR count). The lowest BCUT2D eigenvalue weighted by molar-refractivity contribution is -0.193. The van der Waals surface area contributed by atoms with Gasteiger partial charge in [-0.05, 0) is 12.2 Å². The van der Waals surface area contributed by atoms with Crippen LogP contribution in [0.25, 0.3) is 0 Å². The lowest BCUT2D eigenvalue weighted by atomic mass is 10.1. The van der Waals surface area contributed by atoms with Gasteiger partial charge in [0.25, 0.3) is 0 Å². The van der Waals surface area contributed by atoms with Crippen LogP contribution in [0, 0.1) is 12.3 Å². The maximum absolute atomic E-state index is 11.0. The highest BCUT2D eigenvalue weighted by Gasteiger charge is 2.30. The molecular weight excluding hydrogens is 252 g/mol. The van der Waals surface area contributed by atoms with Crippen LogP contribution in [0.5, 0.6) is 0 Å². The van der Waals surface area contributed by atoms with E-state index in [-0.39, 0.29) is 13.2 Å². The van der Waals surface area contributed by atoms with E-state index in [0.29, 0.717) is 0 Å². The molecule has 1 aliphatic rings. The molecule has 1 heterocycles. The quantitative estimate of drug-likeness (QED) is 0.408. The Hall–Kier alpha value is -1.84. The molecule has 19 heavy (non-hydrogen) atoms. The largest absolute Gasteiger partial charge is 0.463 e. The molecule has 0 saturated carbocycles. The van der Waals surface area contributed by atoms with Crippen LogP contribution in [-0.4, -0.2) is 43.7 Å². The molecule has 0 aliphatic carbocycles. The van der Waals surface area contributed by atoms with Gasteiger partial charge in [0.15, 0.2) is 6.29 Å². The molecular formula is C13H16O6. The number of hydrogen-bond donors (Lipinski definition) is 0. The molecule has 104 valence electrons. The van der Waals surface area contributed by atoms with E-state index in [0.717, 1.165) is 0 Å². The molecule has 0 fully saturated rings. The first-order valence-electron chi connectivity index (χ1n) is 5.72. The predicted octanol–water partition coefficient (Wildman–Crippen LogP) is 0.412. The van der Waals surface area contributed by atoms with Gasteiger partial charge in [-0.3, -0.25) is 9.59 Å². The van der Waals surface area contributed by atoms with Gasteiger partial charge in [0, 0.05) is 13.8 Å². The average molecular weight is 268 g/mol. The second-order valence-electron chi connectivity index (χ2n) is 3.82. The molecule has 0 aromatic rings. The van der Waals surface area contributed by atoms with Crippen molar-refractivity contribution in [1.82, 2.24) is 0 Å². The third-order valence-corrected chi connectivity index (χ3v) is 2.22. The second-order valence-corrected chi connectivity index (χ2v) is 3.82. The zero-order chi connectivity index (χ0) is 14.3. The van der Waals surface area contributed by atoms with Gasteiger partial charge in [0.1, 0.15) is 25.4 Å². The van der Waals surface area contributed by atoms with E-state index in [1.165, 1.54) is 13.8 Å². The fourth-order valence-electron chi connectivity index (χ4n) is 1.48. The number of hydrogen-bond acceptors (Lipinski definition) is 6. The first kappa shape index (κ1) is 15.2. The minimum absolute atomic E-state index is 0.0342. The highest BCUT2D eigenvalue weighted by molar-refractivity contribution is 5.66. The molecule has 0 bridgehead atoms. The van der Waals surface area contributed by atoms with Gasteiger partial charge in [-0.2, -0.15) is 0 Å². The van der Waals surface area contributed by atoms with Gasteiger partial charge >= 0.3 is 11.9 Å². The minimum Gasteiger partial charge on any atom is -0.463 e. The van der Waals surface area contributed by atoms with Crippen LogP contribution in [0.4, 0.5) is 0 Å². The fraction of sp³-hybridized carbons (Fsp3) is 0.538. The Morgan fingerprint density at radius 1 is 1.32 bits per heavy atom. The van der Waals surface area contributed by atoms with E-state index < -0.39 is 30.4 Å². The predicted molar refractivity (Wildman–Crippen MR) is 64.8 cm³/mol. The molecule has 0 amide bonds. The Labute approximate surface area is 111 Å².